The molecule has 4 saturated heterocycles. The molecule has 19 heteroatoms. The molecular weight excluding hydrogens is 1010 g/mol. The summed E-state index contributed by atoms with van der Waals surface area (Å²) < 4.78 is 63.0. The van der Waals surface area contributed by atoms with Crippen molar-refractivity contribution < 1.29 is 66.5 Å². The van der Waals surface area contributed by atoms with Crippen LogP contribution in [0.2, 0.25) is 0 Å². The highest BCUT2D eigenvalue weighted by molar-refractivity contribution is 9.10. The van der Waals surface area contributed by atoms with Gasteiger partial charge in [-0.25, -0.2) is 19.4 Å². The topological polar surface area (TPSA) is 174 Å². The number of amides is 4. The molecule has 6 aliphatic rings. The summed E-state index contributed by atoms with van der Waals surface area (Å²) >= 11 is 3.68. The number of methoxy groups -OCH3 is 2. The molecule has 18 nitrogen and oxygen atoms in total. The number of benzene rings is 3. The fourth-order valence-corrected chi connectivity index (χ4v) is 11.1. The minimum atomic E-state index is -0.901. The fourth-order valence-electron chi connectivity index (χ4n) is 10.5. The van der Waals surface area contributed by atoms with Crippen LogP contribution in [0.25, 0.3) is 0 Å². The van der Waals surface area contributed by atoms with Crippen LogP contribution in [0.5, 0.6) is 23.0 Å². The molecule has 9 rings (SSSR count). The van der Waals surface area contributed by atoms with Gasteiger partial charge in [-0.3, -0.25) is 9.59 Å². The summed E-state index contributed by atoms with van der Waals surface area (Å²) in [5.74, 6) is 0.670. The molecule has 0 N–H and O–H groups in total. The molecule has 396 valence electrons. The Morgan fingerprint density at radius 2 is 1.00 bits per heavy atom. The molecule has 6 atom stereocenters. The highest BCUT2D eigenvalue weighted by Gasteiger charge is 2.50. The standard InChI is InChI=1S/C54H69BrN4O14/c1-53(2,3)72-51(62)58-39-28-43(41(64-7)26-35(39)47(60)56-19-13-15-37(56)49(58)70-45-17-9-11-21-66-45)68-30-32-23-33(25-34(55)24-32)31-69-44-29-40-36(27-42(44)65-8)48(61)57-20-14-16-38(57)50(71-46-18-10-12-22-67-46)59(40)52(63)73-54(4,5)6/h23-29,37-38,45-46,49-50H,9-22,30-31H2,1-8H3/t37-,38-,45?,46?,49-,50-/m0/s1. The number of carbonyl (C=O) groups excluding carboxylic acids is 4. The smallest absolute Gasteiger partial charge is 0.417 e. The maximum atomic E-state index is 14.5. The molecule has 3 aromatic carbocycles. The van der Waals surface area contributed by atoms with Gasteiger partial charge in [-0.15, -0.1) is 0 Å². The van der Waals surface area contributed by atoms with Crippen LogP contribution in [0, 0.1) is 0 Å². The van der Waals surface area contributed by atoms with Crippen molar-refractivity contribution in [2.45, 2.75) is 167 Å². The van der Waals surface area contributed by atoms with E-state index < -0.39 is 60.5 Å². The van der Waals surface area contributed by atoms with Gasteiger partial charge in [0.05, 0.1) is 48.8 Å². The van der Waals surface area contributed by atoms with E-state index in [0.717, 1.165) is 54.1 Å². The molecule has 0 aromatic heterocycles. The van der Waals surface area contributed by atoms with Crippen molar-refractivity contribution in [1.29, 1.82) is 0 Å². The third-order valence-corrected chi connectivity index (χ3v) is 14.1. The van der Waals surface area contributed by atoms with Crippen molar-refractivity contribution in [3.63, 3.8) is 0 Å². The van der Waals surface area contributed by atoms with Crippen LogP contribution in [0.4, 0.5) is 21.0 Å². The number of ether oxygens (including phenoxy) is 10. The monoisotopic (exact) mass is 1080 g/mol. The Bertz CT molecular complexity index is 2370. The Morgan fingerprint density at radius 3 is 1.37 bits per heavy atom. The second kappa shape index (κ2) is 21.9. The summed E-state index contributed by atoms with van der Waals surface area (Å²) in [6, 6.07) is 11.4. The van der Waals surface area contributed by atoms with Crippen molar-refractivity contribution in [2.75, 3.05) is 50.3 Å². The molecule has 4 fully saturated rings. The van der Waals surface area contributed by atoms with E-state index in [9.17, 15) is 19.2 Å². The van der Waals surface area contributed by atoms with Gasteiger partial charge in [-0.1, -0.05) is 15.9 Å². The van der Waals surface area contributed by atoms with E-state index in [2.05, 4.69) is 15.9 Å². The van der Waals surface area contributed by atoms with Gasteiger partial charge in [0.2, 0.25) is 0 Å². The summed E-state index contributed by atoms with van der Waals surface area (Å²) in [6.07, 6.45) is 3.46. The number of hydrogen-bond acceptors (Lipinski definition) is 14. The van der Waals surface area contributed by atoms with E-state index >= 15 is 0 Å². The lowest BCUT2D eigenvalue weighted by Gasteiger charge is -2.39. The number of hydrogen-bond donors (Lipinski definition) is 0. The molecule has 6 heterocycles. The van der Waals surface area contributed by atoms with Gasteiger partial charge >= 0.3 is 12.2 Å². The quantitative estimate of drug-likeness (QED) is 0.168. The zero-order valence-corrected chi connectivity index (χ0v) is 44.8. The predicted molar refractivity (Wildman–Crippen MR) is 271 cm³/mol. The zero-order chi connectivity index (χ0) is 51.8. The van der Waals surface area contributed by atoms with E-state index in [4.69, 9.17) is 47.4 Å². The molecule has 2 unspecified atom stereocenters. The minimum Gasteiger partial charge on any atom is -0.493 e. The third kappa shape index (κ3) is 11.7. The zero-order valence-electron chi connectivity index (χ0n) is 43.2. The van der Waals surface area contributed by atoms with Crippen LogP contribution < -0.4 is 28.7 Å². The van der Waals surface area contributed by atoms with Crippen LogP contribution in [0.15, 0.2) is 46.9 Å². The first kappa shape index (κ1) is 52.5. The number of halogens is 1. The SMILES string of the molecule is COc1cc2c(cc1OCc1cc(Br)cc(COc3cc4c(cc3OC)C(=O)N3CCC[C@H]3[C@H](OC3CCCCO3)N4C(=O)OC(C)(C)C)c1)N(C(=O)OC(C)(C)C)[C@@H](OC1CCCCO1)[C@@H]1CCCN1C2=O. The normalized spacial score (nSPS) is 24.2. The second-order valence-corrected chi connectivity index (χ2v) is 22.3. The number of rotatable bonds is 12. The van der Waals surface area contributed by atoms with E-state index in [0.29, 0.717) is 63.5 Å². The Labute approximate surface area is 435 Å². The predicted octanol–water partition coefficient (Wildman–Crippen LogP) is 10.1. The van der Waals surface area contributed by atoms with Crippen molar-refractivity contribution in [2.24, 2.45) is 0 Å². The largest absolute Gasteiger partial charge is 0.493 e. The Hall–Kier alpha value is -5.34. The molecule has 0 radical (unpaired) electrons. The highest BCUT2D eigenvalue weighted by Crippen LogP contribution is 2.45. The van der Waals surface area contributed by atoms with E-state index in [1.807, 2.05) is 18.2 Å². The Kier molecular flexibility index (Phi) is 15.7. The number of carbonyl (C=O) groups is 4. The molecule has 0 bridgehead atoms. The molecule has 73 heavy (non-hydrogen) atoms. The van der Waals surface area contributed by atoms with E-state index in [-0.39, 0.29) is 59.0 Å². The van der Waals surface area contributed by atoms with Crippen LogP contribution >= 0.6 is 15.9 Å². The van der Waals surface area contributed by atoms with Crippen LogP contribution in [0.1, 0.15) is 138 Å². The van der Waals surface area contributed by atoms with E-state index in [1.54, 1.807) is 75.6 Å². The van der Waals surface area contributed by atoms with Crippen molar-refractivity contribution >= 4 is 51.3 Å². The minimum absolute atomic E-state index is 0.0471. The molecule has 0 saturated carbocycles. The van der Waals surface area contributed by atoms with Gasteiger partial charge in [-0.05, 0) is 147 Å². The van der Waals surface area contributed by atoms with Crippen LogP contribution in [-0.2, 0) is 41.6 Å². The van der Waals surface area contributed by atoms with Gasteiger partial charge in [-0.2, -0.15) is 0 Å². The average molecular weight is 1080 g/mol. The maximum absolute atomic E-state index is 14.5. The molecule has 4 amide bonds. The van der Waals surface area contributed by atoms with E-state index in [1.165, 1.54) is 24.0 Å². The van der Waals surface area contributed by atoms with Gasteiger partial charge < -0.3 is 57.2 Å². The highest BCUT2D eigenvalue weighted by atomic mass is 79.9. The van der Waals surface area contributed by atoms with Gasteiger partial charge in [0, 0.05) is 42.9 Å². The summed E-state index contributed by atoms with van der Waals surface area (Å²) in [7, 11) is 3.00. The Morgan fingerprint density at radius 1 is 0.575 bits per heavy atom. The molecule has 3 aromatic rings. The summed E-state index contributed by atoms with van der Waals surface area (Å²) in [5, 5.41) is 0. The lowest BCUT2D eigenvalue weighted by molar-refractivity contribution is -0.196. The fraction of sp³-hybridized carbons (Fsp3) is 0.593. The number of nitrogens with zero attached hydrogens (tertiary/aromatic N) is 4. The second-order valence-electron chi connectivity index (χ2n) is 21.3. The van der Waals surface area contributed by atoms with Crippen molar-refractivity contribution in [3.8, 4) is 23.0 Å². The van der Waals surface area contributed by atoms with Crippen molar-refractivity contribution in [1.82, 2.24) is 9.80 Å². The first-order valence-corrected chi connectivity index (χ1v) is 26.4. The van der Waals surface area contributed by atoms with Gasteiger partial charge in [0.1, 0.15) is 24.4 Å². The molecule has 0 aliphatic carbocycles. The lowest BCUT2D eigenvalue weighted by Crippen LogP contribution is -2.54. The Balaban J connectivity index is 1.01. The summed E-state index contributed by atoms with van der Waals surface area (Å²) in [5.41, 5.74) is 0.857. The summed E-state index contributed by atoms with van der Waals surface area (Å²) in [4.78, 5) is 64.3. The third-order valence-electron chi connectivity index (χ3n) is 13.7. The summed E-state index contributed by atoms with van der Waals surface area (Å²) in [6.45, 7) is 13.0. The number of fused-ring (bicyclic) bond motifs is 4. The van der Waals surface area contributed by atoms with Crippen LogP contribution in [0.3, 0.4) is 0 Å². The van der Waals surface area contributed by atoms with Gasteiger partial charge in [0.15, 0.2) is 48.0 Å². The van der Waals surface area contributed by atoms with Crippen molar-refractivity contribution in [3.05, 3.63) is 69.2 Å². The average Bonchev–Trinajstić information content (AvgIpc) is 4.02. The molecule has 6 aliphatic heterocycles. The van der Waals surface area contributed by atoms with Gasteiger partial charge in [0.25, 0.3) is 11.8 Å². The first-order chi connectivity index (χ1) is 34.9. The number of anilines is 2. The first-order valence-electron chi connectivity index (χ1n) is 25.6. The molecular formula is C54H69BrN4O14. The molecule has 0 spiro atoms. The maximum Gasteiger partial charge on any atom is 0.417 e. The van der Waals surface area contributed by atoms with Crippen LogP contribution in [-0.4, -0.2) is 123 Å². The lowest BCUT2D eigenvalue weighted by atomic mass is 10.1.